The lowest BCUT2D eigenvalue weighted by molar-refractivity contribution is 0.211. The van der Waals surface area contributed by atoms with Crippen LogP contribution in [0.15, 0.2) is 24.3 Å². The van der Waals surface area contributed by atoms with Gasteiger partial charge in [-0.25, -0.2) is 0 Å². The minimum absolute atomic E-state index is 0.206. The minimum atomic E-state index is 0.206. The van der Waals surface area contributed by atoms with Gasteiger partial charge in [-0.2, -0.15) is 0 Å². The molecule has 1 aromatic carbocycles. The third-order valence-corrected chi connectivity index (χ3v) is 2.83. The van der Waals surface area contributed by atoms with E-state index in [0.29, 0.717) is 6.04 Å². The fraction of sp³-hybridized carbons (Fsp3) is 0.600. The van der Waals surface area contributed by atoms with Gasteiger partial charge < -0.3 is 10.1 Å². The molecule has 0 saturated carbocycles. The van der Waals surface area contributed by atoms with Crippen molar-refractivity contribution >= 4 is 0 Å². The molecule has 2 unspecified atom stereocenters. The highest BCUT2D eigenvalue weighted by molar-refractivity contribution is 5.26. The first kappa shape index (κ1) is 14.0. The molecule has 17 heavy (non-hydrogen) atoms. The van der Waals surface area contributed by atoms with E-state index >= 15 is 0 Å². The van der Waals surface area contributed by atoms with Crippen LogP contribution >= 0.6 is 0 Å². The highest BCUT2D eigenvalue weighted by atomic mass is 16.5. The number of benzene rings is 1. The van der Waals surface area contributed by atoms with Crippen molar-refractivity contribution in [3.63, 3.8) is 0 Å². The van der Waals surface area contributed by atoms with Crippen LogP contribution in [0.25, 0.3) is 0 Å². The molecule has 0 fully saturated rings. The van der Waals surface area contributed by atoms with Crippen LogP contribution in [0.5, 0.6) is 5.75 Å². The lowest BCUT2D eigenvalue weighted by Gasteiger charge is -2.18. The number of hydrogen-bond acceptors (Lipinski definition) is 2. The molecule has 2 heteroatoms. The third kappa shape index (κ3) is 5.73. The largest absolute Gasteiger partial charge is 0.489 e. The third-order valence-electron chi connectivity index (χ3n) is 2.83. The molecule has 2 atom stereocenters. The molecule has 0 amide bonds. The summed E-state index contributed by atoms with van der Waals surface area (Å²) < 4.78 is 5.84. The summed E-state index contributed by atoms with van der Waals surface area (Å²) in [5, 5.41) is 3.49. The first-order valence-electron chi connectivity index (χ1n) is 6.58. The lowest BCUT2D eigenvalue weighted by atomic mass is 10.2. The quantitative estimate of drug-likeness (QED) is 0.780. The van der Waals surface area contributed by atoms with E-state index in [1.807, 2.05) is 12.1 Å². The molecular weight excluding hydrogens is 210 g/mol. The summed E-state index contributed by atoms with van der Waals surface area (Å²) in [6.45, 7) is 9.52. The van der Waals surface area contributed by atoms with Crippen molar-refractivity contribution in [2.45, 2.75) is 52.7 Å². The molecule has 0 aromatic heterocycles. The van der Waals surface area contributed by atoms with Gasteiger partial charge in [0.05, 0.1) is 0 Å². The van der Waals surface area contributed by atoms with Crippen LogP contribution in [0, 0.1) is 6.92 Å². The molecule has 0 bridgehead atoms. The molecule has 0 heterocycles. The summed E-state index contributed by atoms with van der Waals surface area (Å²) in [5.74, 6) is 0.952. The monoisotopic (exact) mass is 235 g/mol. The predicted octanol–water partition coefficient (Wildman–Crippen LogP) is 3.54. The Morgan fingerprint density at radius 3 is 2.41 bits per heavy atom. The van der Waals surface area contributed by atoms with Crippen molar-refractivity contribution in [3.8, 4) is 5.75 Å². The summed E-state index contributed by atoms with van der Waals surface area (Å²) >= 11 is 0. The predicted molar refractivity (Wildman–Crippen MR) is 73.6 cm³/mol. The van der Waals surface area contributed by atoms with Crippen LogP contribution < -0.4 is 10.1 Å². The average Bonchev–Trinajstić information content (AvgIpc) is 2.30. The molecule has 0 saturated heterocycles. The number of ether oxygens (including phenoxy) is 1. The van der Waals surface area contributed by atoms with Crippen molar-refractivity contribution in [1.82, 2.24) is 5.32 Å². The summed E-state index contributed by atoms with van der Waals surface area (Å²) in [6.07, 6.45) is 2.65. The highest BCUT2D eigenvalue weighted by Gasteiger charge is 2.06. The SMILES string of the molecule is CCCC(C)NCC(C)Oc1ccc(C)cc1. The standard InChI is InChI=1S/C15H25NO/c1-5-6-13(3)16-11-14(4)17-15-9-7-12(2)8-10-15/h7-10,13-14,16H,5-6,11H2,1-4H3. The smallest absolute Gasteiger partial charge is 0.119 e. The lowest BCUT2D eigenvalue weighted by Crippen LogP contribution is -2.34. The van der Waals surface area contributed by atoms with Crippen LogP contribution in [-0.2, 0) is 0 Å². The number of hydrogen-bond donors (Lipinski definition) is 1. The maximum atomic E-state index is 5.84. The first-order chi connectivity index (χ1) is 8.11. The Bertz CT molecular complexity index is 307. The summed E-state index contributed by atoms with van der Waals surface area (Å²) in [4.78, 5) is 0. The number of aryl methyl sites for hydroxylation is 1. The van der Waals surface area contributed by atoms with Gasteiger partial charge in [0.2, 0.25) is 0 Å². The first-order valence-corrected chi connectivity index (χ1v) is 6.58. The van der Waals surface area contributed by atoms with Gasteiger partial charge in [-0.1, -0.05) is 31.0 Å². The van der Waals surface area contributed by atoms with Crippen LogP contribution in [0.3, 0.4) is 0 Å². The molecule has 0 aliphatic heterocycles. The highest BCUT2D eigenvalue weighted by Crippen LogP contribution is 2.13. The molecule has 1 rings (SSSR count). The Morgan fingerprint density at radius 2 is 1.82 bits per heavy atom. The van der Waals surface area contributed by atoms with Crippen LogP contribution in [-0.4, -0.2) is 18.7 Å². The number of rotatable bonds is 7. The molecule has 0 spiro atoms. The molecular formula is C15H25NO. The van der Waals surface area contributed by atoms with Gasteiger partial charge in [0.1, 0.15) is 11.9 Å². The average molecular weight is 235 g/mol. The van der Waals surface area contributed by atoms with Crippen molar-refractivity contribution < 1.29 is 4.74 Å². The van der Waals surface area contributed by atoms with Crippen molar-refractivity contribution in [3.05, 3.63) is 29.8 Å². The van der Waals surface area contributed by atoms with Crippen molar-refractivity contribution in [2.75, 3.05) is 6.54 Å². The fourth-order valence-corrected chi connectivity index (χ4v) is 1.79. The second kappa shape index (κ2) is 7.33. The molecule has 0 radical (unpaired) electrons. The second-order valence-electron chi connectivity index (χ2n) is 4.84. The van der Waals surface area contributed by atoms with Gasteiger partial charge in [0, 0.05) is 12.6 Å². The zero-order chi connectivity index (χ0) is 12.7. The minimum Gasteiger partial charge on any atom is -0.489 e. The summed E-state index contributed by atoms with van der Waals surface area (Å²) in [5.41, 5.74) is 1.26. The van der Waals surface area contributed by atoms with Crippen LogP contribution in [0.1, 0.15) is 39.2 Å². The summed E-state index contributed by atoms with van der Waals surface area (Å²) in [7, 11) is 0. The van der Waals surface area contributed by atoms with E-state index in [-0.39, 0.29) is 6.10 Å². The Labute approximate surface area is 105 Å². The van der Waals surface area contributed by atoms with Gasteiger partial charge in [-0.15, -0.1) is 0 Å². The fourth-order valence-electron chi connectivity index (χ4n) is 1.79. The maximum absolute atomic E-state index is 5.84. The van der Waals surface area contributed by atoms with Gasteiger partial charge in [-0.05, 0) is 39.3 Å². The van der Waals surface area contributed by atoms with E-state index in [0.717, 1.165) is 12.3 Å². The van der Waals surface area contributed by atoms with Gasteiger partial charge in [-0.3, -0.25) is 0 Å². The van der Waals surface area contributed by atoms with Crippen molar-refractivity contribution in [1.29, 1.82) is 0 Å². The maximum Gasteiger partial charge on any atom is 0.119 e. The summed E-state index contributed by atoms with van der Waals surface area (Å²) in [6, 6.07) is 8.79. The van der Waals surface area contributed by atoms with E-state index in [1.165, 1.54) is 18.4 Å². The van der Waals surface area contributed by atoms with E-state index < -0.39 is 0 Å². The molecule has 96 valence electrons. The Balaban J connectivity index is 2.29. The molecule has 2 nitrogen and oxygen atoms in total. The molecule has 1 aromatic rings. The van der Waals surface area contributed by atoms with E-state index in [1.54, 1.807) is 0 Å². The van der Waals surface area contributed by atoms with Gasteiger partial charge in [0.15, 0.2) is 0 Å². The van der Waals surface area contributed by atoms with Crippen molar-refractivity contribution in [2.24, 2.45) is 0 Å². The Hall–Kier alpha value is -1.02. The number of nitrogens with one attached hydrogen (secondary N) is 1. The van der Waals surface area contributed by atoms with Gasteiger partial charge >= 0.3 is 0 Å². The second-order valence-corrected chi connectivity index (χ2v) is 4.84. The zero-order valence-corrected chi connectivity index (χ0v) is 11.5. The molecule has 0 aliphatic carbocycles. The van der Waals surface area contributed by atoms with E-state index in [2.05, 4.69) is 45.1 Å². The van der Waals surface area contributed by atoms with Gasteiger partial charge in [0.25, 0.3) is 0 Å². The zero-order valence-electron chi connectivity index (χ0n) is 11.5. The van der Waals surface area contributed by atoms with E-state index in [9.17, 15) is 0 Å². The molecule has 1 N–H and O–H groups in total. The Morgan fingerprint density at radius 1 is 1.18 bits per heavy atom. The normalized spacial score (nSPS) is 14.4. The van der Waals surface area contributed by atoms with Crippen LogP contribution in [0.4, 0.5) is 0 Å². The molecule has 0 aliphatic rings. The van der Waals surface area contributed by atoms with E-state index in [4.69, 9.17) is 4.74 Å². The van der Waals surface area contributed by atoms with Crippen LogP contribution in [0.2, 0.25) is 0 Å². The Kier molecular flexibility index (Phi) is 6.06. The topological polar surface area (TPSA) is 21.3 Å².